The quantitative estimate of drug-likeness (QED) is 0.709. The minimum atomic E-state index is 0.686. The van der Waals surface area contributed by atoms with Crippen molar-refractivity contribution in [1.29, 1.82) is 0 Å². The van der Waals surface area contributed by atoms with Crippen LogP contribution in [0.1, 0.15) is 4.88 Å². The van der Waals surface area contributed by atoms with Gasteiger partial charge in [-0.2, -0.15) is 0 Å². The van der Waals surface area contributed by atoms with E-state index >= 15 is 0 Å². The number of halogens is 1. The molecule has 0 fully saturated rings. The second-order valence-corrected chi connectivity index (χ2v) is 5.70. The van der Waals surface area contributed by atoms with Crippen molar-refractivity contribution in [2.75, 3.05) is 5.73 Å². The third kappa shape index (κ3) is 1.76. The molecule has 2 heterocycles. The first-order chi connectivity index (χ1) is 8.66. The number of rotatable bonds is 1. The number of nitrogen functional groups attached to an aromatic ring is 1. The van der Waals surface area contributed by atoms with Gasteiger partial charge >= 0.3 is 0 Å². The lowest BCUT2D eigenvalue weighted by molar-refractivity contribution is 1.41. The number of thiophene rings is 1. The fraction of sp³-hybridized carbons (Fsp3) is 0.0714. The van der Waals surface area contributed by atoms with Gasteiger partial charge in [-0.05, 0) is 42.1 Å². The molecule has 18 heavy (non-hydrogen) atoms. The zero-order valence-corrected chi connectivity index (χ0v) is 11.3. The summed E-state index contributed by atoms with van der Waals surface area (Å²) in [6.07, 6.45) is 1.71. The highest BCUT2D eigenvalue weighted by atomic mass is 35.5. The summed E-state index contributed by atoms with van der Waals surface area (Å²) >= 11 is 7.79. The van der Waals surface area contributed by atoms with Crippen LogP contribution in [-0.2, 0) is 0 Å². The minimum absolute atomic E-state index is 0.686. The summed E-state index contributed by atoms with van der Waals surface area (Å²) in [5, 5.41) is 3.77. The molecule has 90 valence electrons. The molecule has 0 spiro atoms. The van der Waals surface area contributed by atoms with Gasteiger partial charge in [0.2, 0.25) is 0 Å². The van der Waals surface area contributed by atoms with Gasteiger partial charge < -0.3 is 5.73 Å². The molecule has 2 N–H and O–H groups in total. The van der Waals surface area contributed by atoms with Crippen LogP contribution in [0.5, 0.6) is 0 Å². The third-order valence-electron chi connectivity index (χ3n) is 2.99. The maximum Gasteiger partial charge on any atom is 0.0710 e. The zero-order chi connectivity index (χ0) is 12.7. The Morgan fingerprint density at radius 2 is 2.11 bits per heavy atom. The fourth-order valence-electron chi connectivity index (χ4n) is 2.13. The van der Waals surface area contributed by atoms with Gasteiger partial charge in [0.15, 0.2) is 0 Å². The Kier molecular flexibility index (Phi) is 2.73. The number of nitrogens with zero attached hydrogens (tertiary/aromatic N) is 1. The topological polar surface area (TPSA) is 38.9 Å². The second-order valence-electron chi connectivity index (χ2n) is 4.14. The van der Waals surface area contributed by atoms with E-state index in [2.05, 4.69) is 23.4 Å². The number of pyridine rings is 1. The van der Waals surface area contributed by atoms with Gasteiger partial charge in [-0.15, -0.1) is 11.3 Å². The average Bonchev–Trinajstić information content (AvgIpc) is 2.75. The Morgan fingerprint density at radius 1 is 1.28 bits per heavy atom. The average molecular weight is 275 g/mol. The van der Waals surface area contributed by atoms with E-state index in [9.17, 15) is 0 Å². The van der Waals surface area contributed by atoms with Crippen LogP contribution >= 0.6 is 22.9 Å². The minimum Gasteiger partial charge on any atom is -0.397 e. The number of hydrogen-bond acceptors (Lipinski definition) is 3. The molecule has 0 saturated carbocycles. The first kappa shape index (κ1) is 11.5. The standard InChI is InChI=1S/C14H11ClN2S/c1-8-10(4-5-18-8)14-11-6-9(15)2-3-13(11)17-7-12(14)16/h2-7H,16H2,1H3. The van der Waals surface area contributed by atoms with Gasteiger partial charge in [0.05, 0.1) is 17.4 Å². The largest absolute Gasteiger partial charge is 0.397 e. The Hall–Kier alpha value is -1.58. The summed E-state index contributed by atoms with van der Waals surface area (Å²) in [6, 6.07) is 7.78. The predicted octanol–water partition coefficient (Wildman–Crippen LogP) is 4.51. The van der Waals surface area contributed by atoms with Gasteiger partial charge in [-0.3, -0.25) is 4.98 Å². The smallest absolute Gasteiger partial charge is 0.0710 e. The predicted molar refractivity (Wildman–Crippen MR) is 79.2 cm³/mol. The molecular formula is C14H11ClN2S. The SMILES string of the molecule is Cc1sccc1-c1c(N)cnc2ccc(Cl)cc12. The Balaban J connectivity index is 2.43. The molecule has 0 aliphatic heterocycles. The van der Waals surface area contributed by atoms with Crippen LogP contribution in [0.2, 0.25) is 5.02 Å². The van der Waals surface area contributed by atoms with Gasteiger partial charge in [-0.25, -0.2) is 0 Å². The van der Waals surface area contributed by atoms with Crippen LogP contribution < -0.4 is 5.73 Å². The van der Waals surface area contributed by atoms with Gasteiger partial charge in [0.25, 0.3) is 0 Å². The number of nitrogens with two attached hydrogens (primary N) is 1. The van der Waals surface area contributed by atoms with Crippen molar-refractivity contribution in [2.24, 2.45) is 0 Å². The zero-order valence-electron chi connectivity index (χ0n) is 9.77. The molecule has 0 aliphatic carbocycles. The number of aromatic nitrogens is 1. The molecule has 4 heteroatoms. The molecule has 0 saturated heterocycles. The van der Waals surface area contributed by atoms with Crippen LogP contribution in [0.3, 0.4) is 0 Å². The molecule has 0 atom stereocenters. The molecule has 0 amide bonds. The van der Waals surface area contributed by atoms with Crippen LogP contribution in [0, 0.1) is 6.92 Å². The van der Waals surface area contributed by atoms with Crippen LogP contribution in [0.25, 0.3) is 22.0 Å². The molecule has 0 unspecified atom stereocenters. The van der Waals surface area contributed by atoms with Gasteiger partial charge in [-0.1, -0.05) is 11.6 Å². The molecule has 2 aromatic heterocycles. The van der Waals surface area contributed by atoms with Crippen LogP contribution in [0.4, 0.5) is 5.69 Å². The molecular weight excluding hydrogens is 264 g/mol. The number of anilines is 1. The highest BCUT2D eigenvalue weighted by Gasteiger charge is 2.12. The Labute approximate surface area is 114 Å². The van der Waals surface area contributed by atoms with E-state index in [1.807, 2.05) is 18.2 Å². The van der Waals surface area contributed by atoms with E-state index in [0.717, 1.165) is 22.0 Å². The van der Waals surface area contributed by atoms with E-state index < -0.39 is 0 Å². The maximum absolute atomic E-state index is 6.10. The van der Waals surface area contributed by atoms with Crippen LogP contribution in [-0.4, -0.2) is 4.98 Å². The van der Waals surface area contributed by atoms with Crippen molar-refractivity contribution < 1.29 is 0 Å². The van der Waals surface area contributed by atoms with Crippen molar-refractivity contribution in [2.45, 2.75) is 6.92 Å². The summed E-state index contributed by atoms with van der Waals surface area (Å²) in [5.41, 5.74) is 9.88. The van der Waals surface area contributed by atoms with Gasteiger partial charge in [0.1, 0.15) is 0 Å². The van der Waals surface area contributed by atoms with Crippen LogP contribution in [0.15, 0.2) is 35.8 Å². The lowest BCUT2D eigenvalue weighted by Gasteiger charge is -2.09. The first-order valence-electron chi connectivity index (χ1n) is 5.55. The fourth-order valence-corrected chi connectivity index (χ4v) is 3.00. The number of hydrogen-bond donors (Lipinski definition) is 1. The number of aryl methyl sites for hydroxylation is 1. The highest BCUT2D eigenvalue weighted by Crippen LogP contribution is 2.37. The van der Waals surface area contributed by atoms with E-state index in [-0.39, 0.29) is 0 Å². The van der Waals surface area contributed by atoms with E-state index in [4.69, 9.17) is 17.3 Å². The summed E-state index contributed by atoms with van der Waals surface area (Å²) in [6.45, 7) is 2.09. The lowest BCUT2D eigenvalue weighted by Crippen LogP contribution is -1.93. The van der Waals surface area contributed by atoms with E-state index in [1.165, 1.54) is 4.88 Å². The lowest BCUT2D eigenvalue weighted by atomic mass is 10.0. The van der Waals surface area contributed by atoms with Crippen molar-refractivity contribution in [3.63, 3.8) is 0 Å². The maximum atomic E-state index is 6.10. The highest BCUT2D eigenvalue weighted by molar-refractivity contribution is 7.10. The molecule has 1 aromatic carbocycles. The normalized spacial score (nSPS) is 11.0. The van der Waals surface area contributed by atoms with E-state index in [0.29, 0.717) is 10.7 Å². The summed E-state index contributed by atoms with van der Waals surface area (Å²) < 4.78 is 0. The van der Waals surface area contributed by atoms with E-state index in [1.54, 1.807) is 17.5 Å². The van der Waals surface area contributed by atoms with Crippen molar-refractivity contribution in [3.05, 3.63) is 45.7 Å². The summed E-state index contributed by atoms with van der Waals surface area (Å²) in [4.78, 5) is 5.59. The first-order valence-corrected chi connectivity index (χ1v) is 6.81. The van der Waals surface area contributed by atoms with Crippen molar-refractivity contribution in [3.8, 4) is 11.1 Å². The number of benzene rings is 1. The molecule has 0 bridgehead atoms. The monoisotopic (exact) mass is 274 g/mol. The molecule has 2 nitrogen and oxygen atoms in total. The van der Waals surface area contributed by atoms with Crippen molar-refractivity contribution in [1.82, 2.24) is 4.98 Å². The Morgan fingerprint density at radius 3 is 2.83 bits per heavy atom. The molecule has 3 aromatic rings. The second kappa shape index (κ2) is 4.26. The molecule has 3 rings (SSSR count). The third-order valence-corrected chi connectivity index (χ3v) is 4.07. The summed E-state index contributed by atoms with van der Waals surface area (Å²) in [5.74, 6) is 0. The van der Waals surface area contributed by atoms with Gasteiger partial charge in [0, 0.05) is 20.8 Å². The number of fused-ring (bicyclic) bond motifs is 1. The summed E-state index contributed by atoms with van der Waals surface area (Å²) in [7, 11) is 0. The Bertz CT molecular complexity index is 728. The molecule has 0 radical (unpaired) electrons. The van der Waals surface area contributed by atoms with Crippen molar-refractivity contribution >= 4 is 39.5 Å². The molecule has 0 aliphatic rings.